The molecule has 4 heteroatoms. The highest BCUT2D eigenvalue weighted by atomic mass is 19.1. The minimum absolute atomic E-state index is 0.237. The molecular formula is C14H9FN2O. The van der Waals surface area contributed by atoms with Gasteiger partial charge in [-0.2, -0.15) is 0 Å². The second kappa shape index (κ2) is 4.07. The molecule has 3 nitrogen and oxygen atoms in total. The fourth-order valence-electron chi connectivity index (χ4n) is 2.02. The average Bonchev–Trinajstić information content (AvgIpc) is 2.82. The summed E-state index contributed by atoms with van der Waals surface area (Å²) in [6.07, 6.45) is 2.17. The van der Waals surface area contributed by atoms with Crippen molar-refractivity contribution < 1.29 is 9.18 Å². The molecule has 3 aromatic rings. The highest BCUT2D eigenvalue weighted by molar-refractivity contribution is 5.84. The molecule has 0 amide bonds. The summed E-state index contributed by atoms with van der Waals surface area (Å²) in [5.41, 5.74) is 2.07. The third-order valence-electron chi connectivity index (χ3n) is 2.84. The summed E-state index contributed by atoms with van der Waals surface area (Å²) in [5, 5.41) is 0. The lowest BCUT2D eigenvalue weighted by molar-refractivity contribution is 0.112. The van der Waals surface area contributed by atoms with Gasteiger partial charge in [0.2, 0.25) is 0 Å². The van der Waals surface area contributed by atoms with E-state index in [9.17, 15) is 9.18 Å². The van der Waals surface area contributed by atoms with Crippen molar-refractivity contribution in [2.24, 2.45) is 0 Å². The third-order valence-corrected chi connectivity index (χ3v) is 2.84. The van der Waals surface area contributed by atoms with Gasteiger partial charge in [0.15, 0.2) is 6.29 Å². The summed E-state index contributed by atoms with van der Waals surface area (Å²) in [7, 11) is 0. The number of carbonyl (C=O) groups is 1. The molecule has 0 spiro atoms. The molecule has 88 valence electrons. The Hall–Kier alpha value is -2.49. The minimum atomic E-state index is -0.442. The maximum atomic E-state index is 13.9. The fraction of sp³-hybridized carbons (Fsp3) is 0. The second-order valence-corrected chi connectivity index (χ2v) is 3.90. The maximum Gasteiger partial charge on any atom is 0.152 e. The van der Waals surface area contributed by atoms with E-state index in [0.29, 0.717) is 11.8 Å². The van der Waals surface area contributed by atoms with Crippen LogP contribution in [0, 0.1) is 5.82 Å². The zero-order valence-corrected chi connectivity index (χ0v) is 9.38. The number of hydrogen-bond acceptors (Lipinski definition) is 2. The molecule has 0 aliphatic carbocycles. The topological polar surface area (TPSA) is 34.9 Å². The summed E-state index contributed by atoms with van der Waals surface area (Å²) in [6.45, 7) is 0. The quantitative estimate of drug-likeness (QED) is 0.645. The number of aldehydes is 1. The molecule has 3 rings (SSSR count). The summed E-state index contributed by atoms with van der Waals surface area (Å²) in [6, 6.07) is 11.8. The van der Waals surface area contributed by atoms with Crippen molar-refractivity contribution in [1.29, 1.82) is 0 Å². The van der Waals surface area contributed by atoms with Gasteiger partial charge >= 0.3 is 0 Å². The van der Waals surface area contributed by atoms with E-state index < -0.39 is 5.82 Å². The number of halogens is 1. The molecule has 0 atom stereocenters. The highest BCUT2D eigenvalue weighted by Gasteiger charge is 2.12. The SMILES string of the molecule is O=Cc1cccc(F)c1-n1cnc2ccccc21. The maximum absolute atomic E-state index is 13.9. The van der Waals surface area contributed by atoms with Gasteiger partial charge in [-0.3, -0.25) is 9.36 Å². The van der Waals surface area contributed by atoms with Gasteiger partial charge in [0.25, 0.3) is 0 Å². The van der Waals surface area contributed by atoms with Crippen LogP contribution in [-0.4, -0.2) is 15.8 Å². The predicted molar refractivity (Wildman–Crippen MR) is 66.4 cm³/mol. The number of carbonyl (C=O) groups excluding carboxylic acids is 1. The largest absolute Gasteiger partial charge is 0.298 e. The van der Waals surface area contributed by atoms with E-state index in [2.05, 4.69) is 4.98 Å². The Balaban J connectivity index is 2.36. The van der Waals surface area contributed by atoms with Crippen molar-refractivity contribution in [3.8, 4) is 5.69 Å². The van der Waals surface area contributed by atoms with Gasteiger partial charge in [0.1, 0.15) is 12.1 Å². The number of imidazole rings is 1. The second-order valence-electron chi connectivity index (χ2n) is 3.90. The molecule has 0 radical (unpaired) electrons. The third kappa shape index (κ3) is 1.50. The van der Waals surface area contributed by atoms with E-state index in [1.165, 1.54) is 18.5 Å². The van der Waals surface area contributed by atoms with Crippen molar-refractivity contribution in [2.75, 3.05) is 0 Å². The van der Waals surface area contributed by atoms with Crippen LogP contribution in [-0.2, 0) is 0 Å². The summed E-state index contributed by atoms with van der Waals surface area (Å²) >= 11 is 0. The van der Waals surface area contributed by atoms with Crippen LogP contribution in [0.4, 0.5) is 4.39 Å². The molecule has 0 saturated heterocycles. The number of para-hydroxylation sites is 3. The molecule has 0 N–H and O–H groups in total. The fourth-order valence-corrected chi connectivity index (χ4v) is 2.02. The van der Waals surface area contributed by atoms with Gasteiger partial charge in [0.05, 0.1) is 16.7 Å². The number of aromatic nitrogens is 2. The Labute approximate surface area is 103 Å². The first-order valence-electron chi connectivity index (χ1n) is 5.47. The van der Waals surface area contributed by atoms with Crippen molar-refractivity contribution in [2.45, 2.75) is 0 Å². The molecule has 0 bridgehead atoms. The molecule has 0 saturated carbocycles. The van der Waals surface area contributed by atoms with Crippen LogP contribution in [0.3, 0.4) is 0 Å². The smallest absolute Gasteiger partial charge is 0.152 e. The van der Waals surface area contributed by atoms with E-state index in [0.717, 1.165) is 11.0 Å². The lowest BCUT2D eigenvalue weighted by Crippen LogP contribution is -2.01. The van der Waals surface area contributed by atoms with Gasteiger partial charge in [-0.25, -0.2) is 9.37 Å². The van der Waals surface area contributed by atoms with Crippen LogP contribution < -0.4 is 0 Å². The molecule has 1 aromatic heterocycles. The lowest BCUT2D eigenvalue weighted by Gasteiger charge is -2.08. The van der Waals surface area contributed by atoms with E-state index in [1.807, 2.05) is 24.3 Å². The molecule has 1 heterocycles. The normalized spacial score (nSPS) is 10.7. The van der Waals surface area contributed by atoms with Crippen LogP contribution in [0.25, 0.3) is 16.7 Å². The lowest BCUT2D eigenvalue weighted by atomic mass is 10.2. The van der Waals surface area contributed by atoms with Gasteiger partial charge in [0, 0.05) is 5.56 Å². The first kappa shape index (κ1) is 10.7. The van der Waals surface area contributed by atoms with Gasteiger partial charge in [-0.05, 0) is 24.3 Å². The predicted octanol–water partition coefficient (Wildman–Crippen LogP) is 2.98. The summed E-state index contributed by atoms with van der Waals surface area (Å²) in [5.74, 6) is -0.442. The van der Waals surface area contributed by atoms with Crippen LogP contribution in [0.15, 0.2) is 48.8 Å². The number of hydrogen-bond donors (Lipinski definition) is 0. The first-order valence-corrected chi connectivity index (χ1v) is 5.47. The zero-order chi connectivity index (χ0) is 12.5. The molecule has 0 aliphatic heterocycles. The Bertz CT molecular complexity index is 733. The van der Waals surface area contributed by atoms with E-state index in [1.54, 1.807) is 10.6 Å². The molecular weight excluding hydrogens is 231 g/mol. The van der Waals surface area contributed by atoms with E-state index in [4.69, 9.17) is 0 Å². The number of benzene rings is 2. The van der Waals surface area contributed by atoms with Crippen LogP contribution in [0.1, 0.15) is 10.4 Å². The van der Waals surface area contributed by atoms with Gasteiger partial charge < -0.3 is 0 Å². The standard InChI is InChI=1S/C14H9FN2O/c15-11-5-3-4-10(8-18)14(11)17-9-16-12-6-1-2-7-13(12)17/h1-9H. The summed E-state index contributed by atoms with van der Waals surface area (Å²) in [4.78, 5) is 15.2. The average molecular weight is 240 g/mol. The van der Waals surface area contributed by atoms with Crippen LogP contribution in [0.2, 0.25) is 0 Å². The van der Waals surface area contributed by atoms with Crippen LogP contribution >= 0.6 is 0 Å². The molecule has 0 fully saturated rings. The molecule has 2 aromatic carbocycles. The number of nitrogens with zero attached hydrogens (tertiary/aromatic N) is 2. The van der Waals surface area contributed by atoms with Crippen molar-refractivity contribution in [1.82, 2.24) is 9.55 Å². The number of rotatable bonds is 2. The monoisotopic (exact) mass is 240 g/mol. The number of fused-ring (bicyclic) bond motifs is 1. The van der Waals surface area contributed by atoms with Gasteiger partial charge in [-0.15, -0.1) is 0 Å². The first-order chi connectivity index (χ1) is 8.81. The van der Waals surface area contributed by atoms with E-state index >= 15 is 0 Å². The Morgan fingerprint density at radius 2 is 1.94 bits per heavy atom. The summed E-state index contributed by atoms with van der Waals surface area (Å²) < 4.78 is 15.5. The van der Waals surface area contributed by atoms with E-state index in [-0.39, 0.29) is 5.69 Å². The molecule has 0 aliphatic rings. The molecule has 18 heavy (non-hydrogen) atoms. The van der Waals surface area contributed by atoms with Crippen molar-refractivity contribution in [3.05, 3.63) is 60.2 Å². The Kier molecular flexibility index (Phi) is 2.41. The van der Waals surface area contributed by atoms with Crippen molar-refractivity contribution in [3.63, 3.8) is 0 Å². The Morgan fingerprint density at radius 3 is 2.78 bits per heavy atom. The molecule has 0 unspecified atom stereocenters. The Morgan fingerprint density at radius 1 is 1.11 bits per heavy atom. The highest BCUT2D eigenvalue weighted by Crippen LogP contribution is 2.22. The van der Waals surface area contributed by atoms with Gasteiger partial charge in [-0.1, -0.05) is 18.2 Å². The minimum Gasteiger partial charge on any atom is -0.298 e. The zero-order valence-electron chi connectivity index (χ0n) is 9.38. The van der Waals surface area contributed by atoms with Crippen molar-refractivity contribution >= 4 is 17.3 Å². The van der Waals surface area contributed by atoms with Crippen LogP contribution in [0.5, 0.6) is 0 Å².